The van der Waals surface area contributed by atoms with Crippen molar-refractivity contribution in [2.45, 2.75) is 12.4 Å². The Morgan fingerprint density at radius 3 is 2.13 bits per heavy atom. The van der Waals surface area contributed by atoms with Crippen LogP contribution in [-0.2, 0) is 0 Å². The molecule has 0 aliphatic carbocycles. The molecule has 0 aromatic heterocycles. The lowest BCUT2D eigenvalue weighted by Crippen LogP contribution is -2.17. The molecule has 8 heteroatoms. The summed E-state index contributed by atoms with van der Waals surface area (Å²) in [5.74, 6) is 0.360. The first-order valence-corrected chi connectivity index (χ1v) is 7.04. The van der Waals surface area contributed by atoms with E-state index in [2.05, 4.69) is 20.7 Å². The van der Waals surface area contributed by atoms with E-state index in [1.807, 2.05) is 0 Å². The Balaban J connectivity index is 0.00000264. The van der Waals surface area contributed by atoms with Gasteiger partial charge in [-0.2, -0.15) is 0 Å². The predicted octanol–water partition coefficient (Wildman–Crippen LogP) is 4.83. The van der Waals surface area contributed by atoms with Crippen molar-refractivity contribution in [3.8, 4) is 11.5 Å². The summed E-state index contributed by atoms with van der Waals surface area (Å²) in [6, 6.07) is 10.3. The van der Waals surface area contributed by atoms with E-state index in [1.165, 1.54) is 24.3 Å². The molecule has 0 aliphatic heterocycles. The smallest absolute Gasteiger partial charge is 0.497 e. The van der Waals surface area contributed by atoms with Crippen molar-refractivity contribution < 1.29 is 22.6 Å². The maximum atomic E-state index is 12.1. The fraction of sp³-hybridized carbons (Fsp3) is 0.200. The highest BCUT2D eigenvalue weighted by Gasteiger charge is 2.31. The second kappa shape index (κ2) is 7.90. The van der Waals surface area contributed by atoms with E-state index in [4.69, 9.17) is 10.5 Å². The minimum atomic E-state index is -4.71. The Bertz CT molecular complexity index is 650. The van der Waals surface area contributed by atoms with Crippen LogP contribution in [0.25, 0.3) is 0 Å². The molecule has 1 atom stereocenters. The normalized spacial score (nSPS) is 12.3. The molecule has 3 nitrogen and oxygen atoms in total. The van der Waals surface area contributed by atoms with Crippen LogP contribution in [0, 0.1) is 0 Å². The molecule has 23 heavy (non-hydrogen) atoms. The third-order valence-corrected chi connectivity index (χ3v) is 3.73. The van der Waals surface area contributed by atoms with E-state index >= 15 is 0 Å². The van der Waals surface area contributed by atoms with E-state index in [-0.39, 0.29) is 18.2 Å². The number of ether oxygens (including phenoxy) is 2. The number of rotatable bonds is 4. The molecule has 0 radical (unpaired) electrons. The maximum absolute atomic E-state index is 12.1. The second-order valence-electron chi connectivity index (χ2n) is 4.48. The summed E-state index contributed by atoms with van der Waals surface area (Å²) in [5.41, 5.74) is 7.59. The molecule has 0 saturated carbocycles. The highest BCUT2D eigenvalue weighted by atomic mass is 79.9. The zero-order valence-electron chi connectivity index (χ0n) is 11.9. The van der Waals surface area contributed by atoms with Gasteiger partial charge in [-0.3, -0.25) is 0 Å². The van der Waals surface area contributed by atoms with Crippen LogP contribution in [0.5, 0.6) is 11.5 Å². The van der Waals surface area contributed by atoms with Crippen molar-refractivity contribution in [2.24, 2.45) is 5.73 Å². The Kier molecular flexibility index (Phi) is 6.73. The standard InChI is InChI=1S/C15H13BrF3NO2.ClH/c1-21-11-6-7-13(16)12(8-11)14(20)9-2-4-10(5-3-9)22-15(17,18)19;/h2-8,14H,20H2,1H3;1H/t14-;/m1./s1. The van der Waals surface area contributed by atoms with Gasteiger partial charge in [-0.1, -0.05) is 28.1 Å². The number of benzene rings is 2. The highest BCUT2D eigenvalue weighted by molar-refractivity contribution is 9.10. The number of hydrogen-bond acceptors (Lipinski definition) is 3. The Labute approximate surface area is 146 Å². The van der Waals surface area contributed by atoms with Crippen LogP contribution in [0.3, 0.4) is 0 Å². The lowest BCUT2D eigenvalue weighted by molar-refractivity contribution is -0.274. The van der Waals surface area contributed by atoms with Crippen molar-refractivity contribution in [3.63, 3.8) is 0 Å². The van der Waals surface area contributed by atoms with Crippen molar-refractivity contribution in [1.29, 1.82) is 0 Å². The summed E-state index contributed by atoms with van der Waals surface area (Å²) in [5, 5.41) is 0. The van der Waals surface area contributed by atoms with Gasteiger partial charge in [-0.25, -0.2) is 0 Å². The molecule has 0 saturated heterocycles. The number of hydrogen-bond donors (Lipinski definition) is 1. The van der Waals surface area contributed by atoms with Crippen molar-refractivity contribution in [1.82, 2.24) is 0 Å². The fourth-order valence-electron chi connectivity index (χ4n) is 1.94. The molecular weight excluding hydrogens is 399 g/mol. The Hall–Kier alpha value is -1.44. The number of nitrogens with two attached hydrogens (primary N) is 1. The van der Waals surface area contributed by atoms with Crippen LogP contribution in [0.2, 0.25) is 0 Å². The Morgan fingerprint density at radius 1 is 1.04 bits per heavy atom. The van der Waals surface area contributed by atoms with Crippen molar-refractivity contribution in [3.05, 3.63) is 58.1 Å². The summed E-state index contributed by atoms with van der Waals surface area (Å²) in [6.45, 7) is 0. The number of alkyl halides is 3. The van der Waals surface area contributed by atoms with Crippen molar-refractivity contribution in [2.75, 3.05) is 7.11 Å². The van der Waals surface area contributed by atoms with Gasteiger partial charge >= 0.3 is 6.36 Å². The second-order valence-corrected chi connectivity index (χ2v) is 5.34. The average Bonchev–Trinajstić information content (AvgIpc) is 2.46. The predicted molar refractivity (Wildman–Crippen MR) is 87.1 cm³/mol. The molecule has 0 spiro atoms. The first kappa shape index (κ1) is 19.6. The monoisotopic (exact) mass is 411 g/mol. The van der Waals surface area contributed by atoms with Gasteiger partial charge in [0, 0.05) is 4.47 Å². The summed E-state index contributed by atoms with van der Waals surface area (Å²) < 4.78 is 46.2. The van der Waals surface area contributed by atoms with E-state index in [9.17, 15) is 13.2 Å². The van der Waals surface area contributed by atoms with Gasteiger partial charge in [0.15, 0.2) is 0 Å². The van der Waals surface area contributed by atoms with Crippen LogP contribution >= 0.6 is 28.3 Å². The van der Waals surface area contributed by atoms with Gasteiger partial charge in [-0.05, 0) is 41.5 Å². The minimum absolute atomic E-state index is 0. The average molecular weight is 413 g/mol. The molecule has 0 heterocycles. The van der Waals surface area contributed by atoms with Gasteiger partial charge in [0.05, 0.1) is 13.2 Å². The van der Waals surface area contributed by atoms with Crippen LogP contribution in [-0.4, -0.2) is 13.5 Å². The summed E-state index contributed by atoms with van der Waals surface area (Å²) in [7, 11) is 1.54. The first-order valence-electron chi connectivity index (χ1n) is 6.25. The number of methoxy groups -OCH3 is 1. The van der Waals surface area contributed by atoms with Gasteiger partial charge in [0.25, 0.3) is 0 Å². The van der Waals surface area contributed by atoms with Gasteiger partial charge in [0.1, 0.15) is 11.5 Å². The molecule has 0 amide bonds. The molecule has 2 aromatic rings. The van der Waals surface area contributed by atoms with E-state index in [0.717, 1.165) is 10.0 Å². The summed E-state index contributed by atoms with van der Waals surface area (Å²) in [4.78, 5) is 0. The Morgan fingerprint density at radius 2 is 1.61 bits per heavy atom. The quantitative estimate of drug-likeness (QED) is 0.782. The molecule has 126 valence electrons. The minimum Gasteiger partial charge on any atom is -0.497 e. The van der Waals surface area contributed by atoms with Gasteiger partial charge in [-0.15, -0.1) is 25.6 Å². The fourth-order valence-corrected chi connectivity index (χ4v) is 2.44. The third kappa shape index (κ3) is 5.30. The number of halogens is 5. The molecule has 2 aromatic carbocycles. The molecule has 0 bridgehead atoms. The SMILES string of the molecule is COc1ccc(Br)c([C@H](N)c2ccc(OC(F)(F)F)cc2)c1.Cl. The van der Waals surface area contributed by atoms with Gasteiger partial charge in [0.2, 0.25) is 0 Å². The summed E-state index contributed by atoms with van der Waals surface area (Å²) >= 11 is 3.40. The molecule has 0 fully saturated rings. The third-order valence-electron chi connectivity index (χ3n) is 3.01. The van der Waals surface area contributed by atoms with E-state index in [1.54, 1.807) is 25.3 Å². The van der Waals surface area contributed by atoms with Crippen LogP contribution in [0.4, 0.5) is 13.2 Å². The van der Waals surface area contributed by atoms with E-state index in [0.29, 0.717) is 11.3 Å². The zero-order valence-corrected chi connectivity index (χ0v) is 14.3. The lowest BCUT2D eigenvalue weighted by atomic mass is 9.99. The highest BCUT2D eigenvalue weighted by Crippen LogP contribution is 2.31. The molecule has 2 rings (SSSR count). The summed E-state index contributed by atoms with van der Waals surface area (Å²) in [6.07, 6.45) is -4.71. The molecular formula is C15H14BrClF3NO2. The van der Waals surface area contributed by atoms with Crippen molar-refractivity contribution >= 4 is 28.3 Å². The zero-order chi connectivity index (χ0) is 16.3. The van der Waals surface area contributed by atoms with Crippen LogP contribution in [0.15, 0.2) is 46.9 Å². The molecule has 0 aliphatic rings. The van der Waals surface area contributed by atoms with Crippen LogP contribution in [0.1, 0.15) is 17.2 Å². The van der Waals surface area contributed by atoms with Crippen LogP contribution < -0.4 is 15.2 Å². The topological polar surface area (TPSA) is 44.5 Å². The largest absolute Gasteiger partial charge is 0.573 e. The molecule has 0 unspecified atom stereocenters. The van der Waals surface area contributed by atoms with Gasteiger partial charge < -0.3 is 15.2 Å². The molecule has 2 N–H and O–H groups in total. The van der Waals surface area contributed by atoms with E-state index < -0.39 is 12.4 Å². The lowest BCUT2D eigenvalue weighted by Gasteiger charge is -2.16. The first-order chi connectivity index (χ1) is 10.3. The maximum Gasteiger partial charge on any atom is 0.573 e.